The van der Waals surface area contributed by atoms with Crippen molar-refractivity contribution in [1.82, 2.24) is 0 Å². The number of carbonyl (C=O) groups is 1. The molecule has 2 nitrogen and oxygen atoms in total. The first-order chi connectivity index (χ1) is 10.0. The molecule has 2 aromatic carbocycles. The van der Waals surface area contributed by atoms with Crippen molar-refractivity contribution in [2.24, 2.45) is 0 Å². The fourth-order valence-corrected chi connectivity index (χ4v) is 2.99. The molecule has 21 heavy (non-hydrogen) atoms. The molecule has 0 saturated carbocycles. The summed E-state index contributed by atoms with van der Waals surface area (Å²) < 4.78 is 31.7. The maximum atomic E-state index is 13.1. The normalized spacial score (nSPS) is 10.5. The fraction of sp³-hybridized carbons (Fsp3) is 0.133. The third-order valence-corrected chi connectivity index (χ3v) is 4.35. The Balaban J connectivity index is 2.04. The Bertz CT molecular complexity index is 677. The molecule has 0 amide bonds. The van der Waals surface area contributed by atoms with Gasteiger partial charge in [0.2, 0.25) is 0 Å². The molecule has 0 aromatic heterocycles. The molecule has 6 heteroatoms. The molecule has 0 radical (unpaired) electrons. The van der Waals surface area contributed by atoms with E-state index in [4.69, 9.17) is 4.74 Å². The van der Waals surface area contributed by atoms with Gasteiger partial charge in [0.05, 0.1) is 17.3 Å². The molecule has 0 atom stereocenters. The lowest BCUT2D eigenvalue weighted by Crippen LogP contribution is -2.02. The van der Waals surface area contributed by atoms with Crippen LogP contribution in [-0.2, 0) is 0 Å². The van der Waals surface area contributed by atoms with Gasteiger partial charge in [0.15, 0.2) is 17.4 Å². The average molecular weight is 373 g/mol. The topological polar surface area (TPSA) is 26.3 Å². The number of ether oxygens (including phenoxy) is 1. The number of thioether (sulfide) groups is 1. The van der Waals surface area contributed by atoms with Crippen molar-refractivity contribution in [2.45, 2.75) is 4.90 Å². The molecule has 0 aliphatic rings. The lowest BCUT2D eigenvalue weighted by Gasteiger charge is -2.06. The summed E-state index contributed by atoms with van der Waals surface area (Å²) in [5.74, 6) is -1.14. The van der Waals surface area contributed by atoms with Crippen LogP contribution in [0.5, 0.6) is 5.75 Å². The van der Waals surface area contributed by atoms with Crippen LogP contribution in [0.1, 0.15) is 10.4 Å². The van der Waals surface area contributed by atoms with Crippen molar-refractivity contribution < 1.29 is 18.3 Å². The summed E-state index contributed by atoms with van der Waals surface area (Å²) in [5.41, 5.74) is 0.526. The van der Waals surface area contributed by atoms with Gasteiger partial charge in [-0.05, 0) is 52.3 Å². The number of halogens is 3. The summed E-state index contributed by atoms with van der Waals surface area (Å²) in [6, 6.07) is 8.61. The van der Waals surface area contributed by atoms with Crippen molar-refractivity contribution >= 4 is 33.5 Å². The van der Waals surface area contributed by atoms with Gasteiger partial charge >= 0.3 is 0 Å². The number of rotatable bonds is 5. The van der Waals surface area contributed by atoms with Crippen LogP contribution >= 0.6 is 27.7 Å². The summed E-state index contributed by atoms with van der Waals surface area (Å²) >= 11 is 4.47. The standard InChI is InChI=1S/C15H11BrF2O2S/c1-20-15-5-2-9(6-11(15)16)14(19)8-21-10-3-4-12(17)13(18)7-10/h2-7H,8H2,1H3. The fourth-order valence-electron chi connectivity index (χ4n) is 1.64. The van der Waals surface area contributed by atoms with Gasteiger partial charge in [-0.1, -0.05) is 0 Å². The molecular weight excluding hydrogens is 362 g/mol. The minimum Gasteiger partial charge on any atom is -0.496 e. The first-order valence-electron chi connectivity index (χ1n) is 5.96. The Hall–Kier alpha value is -1.40. The van der Waals surface area contributed by atoms with Gasteiger partial charge in [0.1, 0.15) is 5.75 Å². The van der Waals surface area contributed by atoms with E-state index >= 15 is 0 Å². The first-order valence-corrected chi connectivity index (χ1v) is 7.73. The quantitative estimate of drug-likeness (QED) is 0.561. The third-order valence-electron chi connectivity index (χ3n) is 2.73. The highest BCUT2D eigenvalue weighted by atomic mass is 79.9. The van der Waals surface area contributed by atoms with E-state index < -0.39 is 11.6 Å². The minimum absolute atomic E-state index is 0.104. The van der Waals surface area contributed by atoms with Crippen molar-refractivity contribution in [3.8, 4) is 5.75 Å². The Morgan fingerprint density at radius 3 is 2.57 bits per heavy atom. The molecule has 0 unspecified atom stereocenters. The molecule has 0 saturated heterocycles. The number of hydrogen-bond acceptors (Lipinski definition) is 3. The second-order valence-corrected chi connectivity index (χ2v) is 6.04. The van der Waals surface area contributed by atoms with Crippen molar-refractivity contribution in [2.75, 3.05) is 12.9 Å². The zero-order valence-electron chi connectivity index (χ0n) is 11.0. The van der Waals surface area contributed by atoms with Gasteiger partial charge in [0.25, 0.3) is 0 Å². The van der Waals surface area contributed by atoms with Crippen molar-refractivity contribution in [3.05, 3.63) is 58.1 Å². The smallest absolute Gasteiger partial charge is 0.173 e. The third kappa shape index (κ3) is 4.04. The summed E-state index contributed by atoms with van der Waals surface area (Å²) in [4.78, 5) is 12.6. The Morgan fingerprint density at radius 2 is 1.95 bits per heavy atom. The lowest BCUT2D eigenvalue weighted by atomic mass is 10.1. The Morgan fingerprint density at radius 1 is 1.19 bits per heavy atom. The van der Waals surface area contributed by atoms with Gasteiger partial charge in [-0.3, -0.25) is 4.79 Å². The molecule has 0 aliphatic heterocycles. The Kier molecular flexibility index (Phi) is 5.36. The highest BCUT2D eigenvalue weighted by Crippen LogP contribution is 2.27. The van der Waals surface area contributed by atoms with Crippen molar-refractivity contribution in [1.29, 1.82) is 0 Å². The average Bonchev–Trinajstić information content (AvgIpc) is 2.48. The highest BCUT2D eigenvalue weighted by molar-refractivity contribution is 9.10. The Labute approximate surface area is 133 Å². The zero-order valence-corrected chi connectivity index (χ0v) is 13.4. The first kappa shape index (κ1) is 16.0. The van der Waals surface area contributed by atoms with E-state index in [1.165, 1.54) is 6.07 Å². The van der Waals surface area contributed by atoms with Gasteiger partial charge in [-0.15, -0.1) is 11.8 Å². The van der Waals surface area contributed by atoms with Crippen LogP contribution in [-0.4, -0.2) is 18.6 Å². The van der Waals surface area contributed by atoms with Crippen LogP contribution in [0.2, 0.25) is 0 Å². The highest BCUT2D eigenvalue weighted by Gasteiger charge is 2.10. The molecular formula is C15H11BrF2O2S. The van der Waals surface area contributed by atoms with Gasteiger partial charge in [-0.25, -0.2) is 8.78 Å². The van der Waals surface area contributed by atoms with Gasteiger partial charge in [-0.2, -0.15) is 0 Å². The molecule has 2 aromatic rings. The van der Waals surface area contributed by atoms with Crippen molar-refractivity contribution in [3.63, 3.8) is 0 Å². The van der Waals surface area contributed by atoms with Gasteiger partial charge in [0, 0.05) is 10.5 Å². The molecule has 0 N–H and O–H groups in total. The maximum Gasteiger partial charge on any atom is 0.173 e. The van der Waals surface area contributed by atoms with Crippen LogP contribution in [0.15, 0.2) is 45.8 Å². The van der Waals surface area contributed by atoms with Crippen LogP contribution in [0, 0.1) is 11.6 Å². The maximum absolute atomic E-state index is 13.1. The molecule has 0 bridgehead atoms. The van der Waals surface area contributed by atoms with Crippen LogP contribution in [0.3, 0.4) is 0 Å². The van der Waals surface area contributed by atoms with Crippen LogP contribution < -0.4 is 4.74 Å². The second-order valence-electron chi connectivity index (χ2n) is 4.14. The number of benzene rings is 2. The number of carbonyl (C=O) groups excluding carboxylic acids is 1. The predicted molar refractivity (Wildman–Crippen MR) is 82.1 cm³/mol. The SMILES string of the molecule is COc1ccc(C(=O)CSc2ccc(F)c(F)c2)cc1Br. The van der Waals surface area contributed by atoms with Crippen LogP contribution in [0.4, 0.5) is 8.78 Å². The monoisotopic (exact) mass is 372 g/mol. The zero-order chi connectivity index (χ0) is 15.4. The molecule has 0 heterocycles. The number of Topliss-reactive ketones (excluding diaryl/α,β-unsaturated/α-hetero) is 1. The predicted octanol–water partition coefficient (Wildman–Crippen LogP) is 4.71. The largest absolute Gasteiger partial charge is 0.496 e. The second kappa shape index (κ2) is 7.04. The molecule has 0 fully saturated rings. The summed E-state index contributed by atoms with van der Waals surface area (Å²) in [7, 11) is 1.54. The molecule has 110 valence electrons. The lowest BCUT2D eigenvalue weighted by molar-refractivity contribution is 0.102. The van der Waals surface area contributed by atoms with E-state index in [1.807, 2.05) is 0 Å². The summed E-state index contributed by atoms with van der Waals surface area (Å²) in [5, 5.41) is 0. The van der Waals surface area contributed by atoms with E-state index in [0.717, 1.165) is 23.9 Å². The van der Waals surface area contributed by atoms with Gasteiger partial charge < -0.3 is 4.74 Å². The number of hydrogen-bond donors (Lipinski definition) is 0. The van der Waals surface area contributed by atoms with E-state index in [1.54, 1.807) is 25.3 Å². The summed E-state index contributed by atoms with van der Waals surface area (Å²) in [6.45, 7) is 0. The number of ketones is 1. The van der Waals surface area contributed by atoms with E-state index in [0.29, 0.717) is 20.7 Å². The molecule has 0 spiro atoms. The van der Waals surface area contributed by atoms with E-state index in [9.17, 15) is 13.6 Å². The molecule has 0 aliphatic carbocycles. The van der Waals surface area contributed by atoms with E-state index in [2.05, 4.69) is 15.9 Å². The minimum atomic E-state index is -0.917. The van der Waals surface area contributed by atoms with Crippen LogP contribution in [0.25, 0.3) is 0 Å². The number of methoxy groups -OCH3 is 1. The summed E-state index contributed by atoms with van der Waals surface area (Å²) in [6.07, 6.45) is 0. The molecule has 2 rings (SSSR count). The van der Waals surface area contributed by atoms with E-state index in [-0.39, 0.29) is 11.5 Å².